The molecule has 5 nitrogen and oxygen atoms in total. The third-order valence-electron chi connectivity index (χ3n) is 5.20. The highest BCUT2D eigenvalue weighted by molar-refractivity contribution is 6.48. The average Bonchev–Trinajstić information content (AvgIpc) is 2.81. The predicted molar refractivity (Wildman–Crippen MR) is 135 cm³/mol. The minimum absolute atomic E-state index is 0.0251. The van der Waals surface area contributed by atoms with Crippen LogP contribution in [0.25, 0.3) is 6.08 Å². The van der Waals surface area contributed by atoms with Gasteiger partial charge in [0.05, 0.1) is 32.1 Å². The van der Waals surface area contributed by atoms with Crippen molar-refractivity contribution in [3.8, 4) is 0 Å². The van der Waals surface area contributed by atoms with Crippen LogP contribution >= 0.6 is 34.8 Å². The molecule has 2 aromatic carbocycles. The summed E-state index contributed by atoms with van der Waals surface area (Å²) in [5, 5.41) is 4.25. The van der Waals surface area contributed by atoms with Crippen LogP contribution in [0.1, 0.15) is 39.9 Å². The number of urea groups is 1. The highest BCUT2D eigenvalue weighted by Gasteiger charge is 2.40. The largest absolute Gasteiger partial charge is 0.417 e. The molecule has 0 aliphatic carbocycles. The Morgan fingerprint density at radius 2 is 1.61 bits per heavy atom. The molecule has 0 saturated heterocycles. The van der Waals surface area contributed by atoms with Gasteiger partial charge in [0, 0.05) is 26.7 Å². The van der Waals surface area contributed by atoms with Gasteiger partial charge in [-0.2, -0.15) is 26.3 Å². The summed E-state index contributed by atoms with van der Waals surface area (Å²) in [5.41, 5.74) is -2.66. The van der Waals surface area contributed by atoms with Crippen LogP contribution in [0, 0.1) is 0 Å². The van der Waals surface area contributed by atoms with Crippen LogP contribution < -0.4 is 10.6 Å². The Labute approximate surface area is 229 Å². The molecule has 2 rings (SSSR count). The monoisotopic (exact) mass is 603 g/mol. The number of allylic oxidation sites excluding steroid dienone is 1. The molecule has 0 bridgehead atoms. The van der Waals surface area contributed by atoms with Gasteiger partial charge in [0.25, 0.3) is 5.91 Å². The van der Waals surface area contributed by atoms with E-state index in [-0.39, 0.29) is 39.3 Å². The van der Waals surface area contributed by atoms with Gasteiger partial charge < -0.3 is 15.5 Å². The van der Waals surface area contributed by atoms with Crippen molar-refractivity contribution in [3.05, 3.63) is 73.7 Å². The first-order chi connectivity index (χ1) is 17.6. The summed E-state index contributed by atoms with van der Waals surface area (Å²) in [6.07, 6.45) is -8.30. The molecule has 14 heteroatoms. The van der Waals surface area contributed by atoms with E-state index in [9.17, 15) is 35.9 Å². The zero-order valence-corrected chi connectivity index (χ0v) is 22.2. The van der Waals surface area contributed by atoms with Crippen molar-refractivity contribution in [3.63, 3.8) is 0 Å². The molecule has 0 aromatic heterocycles. The summed E-state index contributed by atoms with van der Waals surface area (Å²) >= 11 is 17.5. The summed E-state index contributed by atoms with van der Waals surface area (Å²) < 4.78 is 82.4. The van der Waals surface area contributed by atoms with E-state index in [0.717, 1.165) is 30.3 Å². The summed E-state index contributed by atoms with van der Waals surface area (Å²) in [5.74, 6) is -3.32. The number of nitrogens with one attached hydrogen (secondary N) is 2. The fourth-order valence-electron chi connectivity index (χ4n) is 3.29. The molecule has 208 valence electrons. The number of carbonyl (C=O) groups excluding carboxylic acids is 2. The SMILES string of the molecule is CCNC(=O)N(C)CCNC(=O)c1ccc(/C=C/C(c2cc(Cl)c(Cl)c(Cl)c2)C(F)(F)F)cc1C(F)(F)F. The first kappa shape index (κ1) is 31.6. The molecule has 0 saturated carbocycles. The molecule has 38 heavy (non-hydrogen) atoms. The highest BCUT2D eigenvalue weighted by Crippen LogP contribution is 2.41. The molecule has 2 N–H and O–H groups in total. The van der Waals surface area contributed by atoms with E-state index in [4.69, 9.17) is 34.8 Å². The second-order valence-electron chi connectivity index (χ2n) is 7.99. The van der Waals surface area contributed by atoms with Crippen LogP contribution in [-0.4, -0.2) is 49.7 Å². The molecule has 0 spiro atoms. The number of carbonyl (C=O) groups is 2. The molecule has 1 atom stereocenters. The van der Waals surface area contributed by atoms with Crippen LogP contribution in [0.15, 0.2) is 36.4 Å². The fraction of sp³-hybridized carbons (Fsp3) is 0.333. The second-order valence-corrected chi connectivity index (χ2v) is 9.19. The molecule has 0 radical (unpaired) electrons. The van der Waals surface area contributed by atoms with Gasteiger partial charge in [-0.15, -0.1) is 0 Å². The molecule has 0 heterocycles. The Morgan fingerprint density at radius 3 is 2.13 bits per heavy atom. The maximum Gasteiger partial charge on any atom is 0.417 e. The molecule has 0 fully saturated rings. The number of alkyl halides is 6. The number of rotatable bonds is 8. The van der Waals surface area contributed by atoms with Gasteiger partial charge in [-0.1, -0.05) is 53.0 Å². The third kappa shape index (κ3) is 8.44. The minimum Gasteiger partial charge on any atom is -0.350 e. The fourth-order valence-corrected chi connectivity index (χ4v) is 3.90. The topological polar surface area (TPSA) is 61.4 Å². The Kier molecular flexibility index (Phi) is 10.8. The van der Waals surface area contributed by atoms with Gasteiger partial charge in [0.15, 0.2) is 0 Å². The lowest BCUT2D eigenvalue weighted by Crippen LogP contribution is -2.41. The van der Waals surface area contributed by atoms with Crippen molar-refractivity contribution in [1.29, 1.82) is 0 Å². The number of benzene rings is 2. The van der Waals surface area contributed by atoms with Crippen molar-refractivity contribution in [2.75, 3.05) is 26.7 Å². The van der Waals surface area contributed by atoms with E-state index >= 15 is 0 Å². The van der Waals surface area contributed by atoms with Gasteiger partial charge in [-0.25, -0.2) is 4.79 Å². The van der Waals surface area contributed by atoms with Crippen molar-refractivity contribution >= 4 is 52.8 Å². The first-order valence-corrected chi connectivity index (χ1v) is 12.1. The van der Waals surface area contributed by atoms with Crippen LogP contribution in [0.4, 0.5) is 31.1 Å². The molecule has 0 aliphatic heterocycles. The quantitative estimate of drug-likeness (QED) is 0.243. The predicted octanol–water partition coefficient (Wildman–Crippen LogP) is 7.42. The van der Waals surface area contributed by atoms with E-state index in [2.05, 4.69) is 10.6 Å². The van der Waals surface area contributed by atoms with E-state index in [1.54, 1.807) is 6.92 Å². The number of likely N-dealkylation sites (N-methyl/N-ethyl adjacent to an activating group) is 1. The van der Waals surface area contributed by atoms with E-state index in [0.29, 0.717) is 18.7 Å². The number of nitrogens with zero attached hydrogens (tertiary/aromatic N) is 1. The number of amides is 3. The first-order valence-electron chi connectivity index (χ1n) is 10.9. The van der Waals surface area contributed by atoms with Crippen LogP contribution in [0.2, 0.25) is 15.1 Å². The van der Waals surface area contributed by atoms with Crippen molar-refractivity contribution in [2.24, 2.45) is 0 Å². The zero-order chi connectivity index (χ0) is 28.8. The normalized spacial score (nSPS) is 12.9. The van der Waals surface area contributed by atoms with Crippen LogP contribution in [0.3, 0.4) is 0 Å². The van der Waals surface area contributed by atoms with Gasteiger partial charge in [-0.05, 0) is 42.3 Å². The lowest BCUT2D eigenvalue weighted by Gasteiger charge is -2.19. The lowest BCUT2D eigenvalue weighted by molar-refractivity contribution is -0.139. The molecular weight excluding hydrogens is 583 g/mol. The molecule has 3 amide bonds. The zero-order valence-electron chi connectivity index (χ0n) is 19.9. The summed E-state index contributed by atoms with van der Waals surface area (Å²) in [4.78, 5) is 25.4. The average molecular weight is 605 g/mol. The standard InChI is InChI=1S/C24H22Cl3F6N3O2/c1-3-34-22(38)36(2)9-8-35-21(37)15-6-4-13(10-17(15)24(31,32)33)5-7-16(23(28,29)30)14-11-18(25)20(27)19(26)12-14/h4-7,10-12,16H,3,8-9H2,1-2H3,(H,34,38)(H,35,37)/b7-5+. The molecule has 2 aromatic rings. The van der Waals surface area contributed by atoms with Crippen molar-refractivity contribution in [1.82, 2.24) is 15.5 Å². The van der Waals surface area contributed by atoms with Gasteiger partial charge >= 0.3 is 18.4 Å². The van der Waals surface area contributed by atoms with Gasteiger partial charge in [-0.3, -0.25) is 4.79 Å². The van der Waals surface area contributed by atoms with E-state index in [1.807, 2.05) is 0 Å². The Balaban J connectivity index is 2.32. The van der Waals surface area contributed by atoms with E-state index < -0.39 is 41.3 Å². The molecule has 1 unspecified atom stereocenters. The summed E-state index contributed by atoms with van der Waals surface area (Å²) in [6.45, 7) is 1.97. The Morgan fingerprint density at radius 1 is 1.00 bits per heavy atom. The highest BCUT2D eigenvalue weighted by atomic mass is 35.5. The number of halogens is 9. The van der Waals surface area contributed by atoms with Crippen LogP contribution in [0.5, 0.6) is 0 Å². The van der Waals surface area contributed by atoms with Gasteiger partial charge in [0.2, 0.25) is 0 Å². The van der Waals surface area contributed by atoms with Crippen molar-refractivity contribution < 1.29 is 35.9 Å². The van der Waals surface area contributed by atoms with Crippen molar-refractivity contribution in [2.45, 2.75) is 25.2 Å². The lowest BCUT2D eigenvalue weighted by atomic mass is 9.96. The van der Waals surface area contributed by atoms with Crippen LogP contribution in [-0.2, 0) is 6.18 Å². The smallest absolute Gasteiger partial charge is 0.350 e. The Hall–Kier alpha value is -2.63. The van der Waals surface area contributed by atoms with E-state index in [1.165, 1.54) is 11.9 Å². The Bertz CT molecular complexity index is 1180. The molecule has 0 aliphatic rings. The maximum absolute atomic E-state index is 13.7. The number of hydrogen-bond acceptors (Lipinski definition) is 2. The van der Waals surface area contributed by atoms with Gasteiger partial charge in [0.1, 0.15) is 0 Å². The third-order valence-corrected chi connectivity index (χ3v) is 6.40. The molecular formula is C24H22Cl3F6N3O2. The maximum atomic E-state index is 13.7. The second kappa shape index (κ2) is 12.9. The minimum atomic E-state index is -4.98. The summed E-state index contributed by atoms with van der Waals surface area (Å²) in [6, 6.07) is 4.03. The number of hydrogen-bond donors (Lipinski definition) is 2. The summed E-state index contributed by atoms with van der Waals surface area (Å²) in [7, 11) is 1.44.